The first kappa shape index (κ1) is 22.5. The number of hydrogen-bond acceptors (Lipinski definition) is 9. The lowest BCUT2D eigenvalue weighted by atomic mass is 9.83. The van der Waals surface area contributed by atoms with Crippen LogP contribution in [0.3, 0.4) is 0 Å². The number of aromatic nitrogens is 6. The van der Waals surface area contributed by atoms with Crippen LogP contribution in [0.2, 0.25) is 0 Å². The van der Waals surface area contributed by atoms with E-state index in [4.69, 9.17) is 4.74 Å². The van der Waals surface area contributed by atoms with Gasteiger partial charge in [-0.25, -0.2) is 9.37 Å². The van der Waals surface area contributed by atoms with Gasteiger partial charge in [0.25, 0.3) is 0 Å². The smallest absolute Gasteiger partial charge is 0.229 e. The summed E-state index contributed by atoms with van der Waals surface area (Å²) in [5.41, 5.74) is 0.862. The summed E-state index contributed by atoms with van der Waals surface area (Å²) in [4.78, 5) is 11.7. The fourth-order valence-corrected chi connectivity index (χ4v) is 5.09. The molecule has 10 nitrogen and oxygen atoms in total. The van der Waals surface area contributed by atoms with Crippen molar-refractivity contribution < 1.29 is 9.13 Å². The lowest BCUT2D eigenvalue weighted by Crippen LogP contribution is -2.49. The van der Waals surface area contributed by atoms with Crippen molar-refractivity contribution in [1.29, 1.82) is 0 Å². The number of nitrogens with one attached hydrogen (secondary N) is 2. The van der Waals surface area contributed by atoms with Gasteiger partial charge < -0.3 is 20.3 Å². The molecule has 0 amide bonds. The fraction of sp³-hybridized carbons (Fsp3) is 0.522. The van der Waals surface area contributed by atoms with Crippen LogP contribution in [-0.2, 0) is 0 Å². The van der Waals surface area contributed by atoms with E-state index in [9.17, 15) is 4.39 Å². The van der Waals surface area contributed by atoms with E-state index < -0.39 is 5.82 Å². The van der Waals surface area contributed by atoms with Gasteiger partial charge in [-0.3, -0.25) is 0 Å². The molecule has 1 aromatic carbocycles. The first-order valence-electron chi connectivity index (χ1n) is 11.8. The molecule has 180 valence electrons. The van der Waals surface area contributed by atoms with E-state index in [1.165, 1.54) is 55.9 Å². The minimum absolute atomic E-state index is 0.244. The monoisotopic (exact) mass is 467 g/mol. The van der Waals surface area contributed by atoms with Crippen molar-refractivity contribution in [1.82, 2.24) is 35.1 Å². The second-order valence-electron chi connectivity index (χ2n) is 8.92. The molecule has 0 spiro atoms. The Bertz CT molecular complexity index is 1140. The Hall–Kier alpha value is -3.34. The highest BCUT2D eigenvalue weighted by Crippen LogP contribution is 2.32. The molecule has 4 heterocycles. The molecule has 2 N–H and O–H groups in total. The van der Waals surface area contributed by atoms with Gasteiger partial charge in [0, 0.05) is 18.3 Å². The van der Waals surface area contributed by atoms with Crippen molar-refractivity contribution in [3.63, 3.8) is 0 Å². The van der Waals surface area contributed by atoms with Gasteiger partial charge >= 0.3 is 0 Å². The number of fused-ring (bicyclic) bond motifs is 1. The third kappa shape index (κ3) is 4.65. The average molecular weight is 468 g/mol. The van der Waals surface area contributed by atoms with E-state index in [1.54, 1.807) is 32.4 Å². The zero-order chi connectivity index (χ0) is 23.5. The summed E-state index contributed by atoms with van der Waals surface area (Å²) in [6.45, 7) is 4.99. The summed E-state index contributed by atoms with van der Waals surface area (Å²) in [7, 11) is 1.61. The van der Waals surface area contributed by atoms with Crippen LogP contribution in [0.15, 0.2) is 24.4 Å². The first-order chi connectivity index (χ1) is 16.6. The Balaban J connectivity index is 1.32. The minimum Gasteiger partial charge on any atom is -0.491 e. The summed E-state index contributed by atoms with van der Waals surface area (Å²) in [6.07, 6.45) is 8.00. The van der Waals surface area contributed by atoms with E-state index in [-0.39, 0.29) is 5.69 Å². The standard InChI is InChI=1S/C23H30FN9O/c1-15-29-30-31-33(15)20-12-17(8-9-18(20)24)27-23-26-14-21(34-2)22(28-23)25-13-16-6-5-11-32-10-4-3-7-19(16)32/h8-9,12,14,16,19H,3-7,10-11,13H2,1-2H3,(H2,25,26,27,28)/t16-,19+/m0/s1. The molecule has 3 aromatic rings. The average Bonchev–Trinajstić information content (AvgIpc) is 3.29. The van der Waals surface area contributed by atoms with Gasteiger partial charge in [-0.1, -0.05) is 6.42 Å². The summed E-state index contributed by atoms with van der Waals surface area (Å²) in [6, 6.07) is 5.26. The number of hydrogen-bond donors (Lipinski definition) is 2. The van der Waals surface area contributed by atoms with Crippen LogP contribution < -0.4 is 15.4 Å². The summed E-state index contributed by atoms with van der Waals surface area (Å²) in [5, 5.41) is 17.9. The Morgan fingerprint density at radius 2 is 2.06 bits per heavy atom. The quantitative estimate of drug-likeness (QED) is 0.541. The van der Waals surface area contributed by atoms with Crippen molar-refractivity contribution in [3.05, 3.63) is 36.0 Å². The molecular formula is C23H30FN9O. The molecule has 0 radical (unpaired) electrons. The van der Waals surface area contributed by atoms with Crippen molar-refractivity contribution >= 4 is 17.5 Å². The first-order valence-corrected chi connectivity index (χ1v) is 11.8. The number of nitrogens with zero attached hydrogens (tertiary/aromatic N) is 7. The molecule has 5 rings (SSSR count). The van der Waals surface area contributed by atoms with Crippen LogP contribution in [0.5, 0.6) is 5.75 Å². The van der Waals surface area contributed by atoms with Gasteiger partial charge in [-0.2, -0.15) is 9.67 Å². The van der Waals surface area contributed by atoms with Crippen molar-refractivity contribution in [2.75, 3.05) is 37.4 Å². The van der Waals surface area contributed by atoms with Crippen molar-refractivity contribution in [2.45, 2.75) is 45.1 Å². The molecule has 0 unspecified atom stereocenters. The van der Waals surface area contributed by atoms with E-state index in [0.717, 1.165) is 6.54 Å². The Morgan fingerprint density at radius 3 is 2.88 bits per heavy atom. The highest BCUT2D eigenvalue weighted by atomic mass is 19.1. The summed E-state index contributed by atoms with van der Waals surface area (Å²) in [5.74, 6) is 2.27. The van der Waals surface area contributed by atoms with E-state index in [0.29, 0.717) is 41.0 Å². The Morgan fingerprint density at radius 1 is 1.18 bits per heavy atom. The van der Waals surface area contributed by atoms with Crippen LogP contribution in [0, 0.1) is 18.7 Å². The van der Waals surface area contributed by atoms with Gasteiger partial charge in [0.15, 0.2) is 17.4 Å². The topological polar surface area (TPSA) is 106 Å². The molecule has 0 bridgehead atoms. The predicted molar refractivity (Wildman–Crippen MR) is 126 cm³/mol. The zero-order valence-corrected chi connectivity index (χ0v) is 19.5. The molecule has 0 saturated carbocycles. The van der Waals surface area contributed by atoms with Crippen LogP contribution >= 0.6 is 0 Å². The van der Waals surface area contributed by atoms with Gasteiger partial charge in [-0.05, 0) is 80.2 Å². The maximum Gasteiger partial charge on any atom is 0.229 e. The number of benzene rings is 1. The molecule has 2 aliphatic rings. The Labute approximate surface area is 197 Å². The Kier molecular flexibility index (Phi) is 6.52. The zero-order valence-electron chi connectivity index (χ0n) is 19.5. The number of anilines is 3. The SMILES string of the molecule is COc1cnc(Nc2ccc(F)c(-n3nnnc3C)c2)nc1NC[C@@H]1CCCN2CCCC[C@H]12. The third-order valence-electron chi connectivity index (χ3n) is 6.79. The summed E-state index contributed by atoms with van der Waals surface area (Å²) < 4.78 is 21.2. The number of piperidine rings is 2. The fourth-order valence-electron chi connectivity index (χ4n) is 5.09. The minimum atomic E-state index is -0.428. The van der Waals surface area contributed by atoms with Gasteiger partial charge in [-0.15, -0.1) is 5.10 Å². The molecule has 34 heavy (non-hydrogen) atoms. The molecule has 2 aliphatic heterocycles. The van der Waals surface area contributed by atoms with Crippen LogP contribution in [0.1, 0.15) is 37.9 Å². The van der Waals surface area contributed by atoms with E-state index >= 15 is 0 Å². The van der Waals surface area contributed by atoms with Gasteiger partial charge in [0.1, 0.15) is 11.5 Å². The second kappa shape index (κ2) is 9.88. The van der Waals surface area contributed by atoms with Crippen LogP contribution in [-0.4, -0.2) is 67.9 Å². The normalized spacial score (nSPS) is 20.6. The number of halogens is 1. The molecular weight excluding hydrogens is 437 g/mol. The van der Waals surface area contributed by atoms with Crippen LogP contribution in [0.4, 0.5) is 21.8 Å². The molecule has 2 saturated heterocycles. The van der Waals surface area contributed by atoms with Gasteiger partial charge in [0.2, 0.25) is 5.95 Å². The second-order valence-corrected chi connectivity index (χ2v) is 8.92. The largest absolute Gasteiger partial charge is 0.491 e. The lowest BCUT2D eigenvalue weighted by Gasteiger charge is -2.44. The highest BCUT2D eigenvalue weighted by molar-refractivity contribution is 5.60. The number of rotatable bonds is 7. The van der Waals surface area contributed by atoms with E-state index in [1.807, 2.05) is 0 Å². The highest BCUT2D eigenvalue weighted by Gasteiger charge is 2.32. The number of tetrazole rings is 1. The molecule has 11 heteroatoms. The summed E-state index contributed by atoms with van der Waals surface area (Å²) >= 11 is 0. The van der Waals surface area contributed by atoms with Gasteiger partial charge in [0.05, 0.1) is 13.3 Å². The molecule has 2 fully saturated rings. The molecule has 2 atom stereocenters. The molecule has 2 aromatic heterocycles. The number of ether oxygens (including phenoxy) is 1. The third-order valence-corrected chi connectivity index (χ3v) is 6.79. The van der Waals surface area contributed by atoms with Crippen molar-refractivity contribution in [2.24, 2.45) is 5.92 Å². The van der Waals surface area contributed by atoms with Crippen molar-refractivity contribution in [3.8, 4) is 11.4 Å². The van der Waals surface area contributed by atoms with E-state index in [2.05, 4.69) is 41.0 Å². The molecule has 0 aliphatic carbocycles. The predicted octanol–water partition coefficient (Wildman–Crippen LogP) is 3.33. The number of methoxy groups -OCH3 is 1. The van der Waals surface area contributed by atoms with Crippen LogP contribution in [0.25, 0.3) is 5.69 Å². The maximum atomic E-state index is 14.4. The maximum absolute atomic E-state index is 14.4. The lowest BCUT2D eigenvalue weighted by molar-refractivity contribution is 0.0649. The number of aryl methyl sites for hydroxylation is 1.